The molecule has 8 heteroatoms. The molecule has 1 N–H and O–H groups in total. The molecular weight excluding hydrogens is 406 g/mol. The third-order valence-corrected chi connectivity index (χ3v) is 5.69. The molecule has 0 bridgehead atoms. The van der Waals surface area contributed by atoms with Crippen LogP contribution in [-0.2, 0) is 11.3 Å². The van der Waals surface area contributed by atoms with Gasteiger partial charge in [-0.15, -0.1) is 0 Å². The van der Waals surface area contributed by atoms with Gasteiger partial charge in [0, 0.05) is 17.0 Å². The standard InChI is InChI=1S/C24H23N5O3/c1-15-5-3-4-6-20(15)29-23-19(13-25-29)22(16-7-8-16)27-28(24(23)31)14-21(30)26-17-9-11-18(32-2)12-10-17/h3-6,9-13,16H,7-8,14H2,1-2H3,(H,26,30). The molecule has 2 aromatic carbocycles. The predicted molar refractivity (Wildman–Crippen MR) is 121 cm³/mol. The van der Waals surface area contributed by atoms with Gasteiger partial charge in [0.2, 0.25) is 5.91 Å². The lowest BCUT2D eigenvalue weighted by atomic mass is 10.2. The summed E-state index contributed by atoms with van der Waals surface area (Å²) in [6.07, 6.45) is 3.76. The van der Waals surface area contributed by atoms with Crippen molar-refractivity contribution in [2.45, 2.75) is 32.2 Å². The molecule has 1 amide bonds. The topological polar surface area (TPSA) is 91.0 Å². The van der Waals surface area contributed by atoms with Crippen molar-refractivity contribution in [3.05, 3.63) is 76.3 Å². The minimum Gasteiger partial charge on any atom is -0.497 e. The Labute approximate surface area is 184 Å². The normalized spacial score (nSPS) is 13.3. The Balaban J connectivity index is 1.53. The van der Waals surface area contributed by atoms with Gasteiger partial charge in [0.25, 0.3) is 5.56 Å². The van der Waals surface area contributed by atoms with Gasteiger partial charge in [0.05, 0.1) is 24.7 Å². The Morgan fingerprint density at radius 2 is 1.91 bits per heavy atom. The second-order valence-corrected chi connectivity index (χ2v) is 8.00. The first-order valence-corrected chi connectivity index (χ1v) is 10.5. The number of aromatic nitrogens is 4. The van der Waals surface area contributed by atoms with Crippen LogP contribution in [0.1, 0.15) is 30.0 Å². The highest BCUT2D eigenvalue weighted by atomic mass is 16.5. The first-order chi connectivity index (χ1) is 15.5. The second-order valence-electron chi connectivity index (χ2n) is 8.00. The van der Waals surface area contributed by atoms with E-state index in [1.165, 1.54) is 4.68 Å². The van der Waals surface area contributed by atoms with Gasteiger partial charge in [0.1, 0.15) is 17.8 Å². The van der Waals surface area contributed by atoms with E-state index in [9.17, 15) is 9.59 Å². The molecular formula is C24H23N5O3. The largest absolute Gasteiger partial charge is 0.497 e. The SMILES string of the molecule is COc1ccc(NC(=O)Cn2nc(C3CC3)c3cnn(-c4ccccc4C)c3c2=O)cc1. The lowest BCUT2D eigenvalue weighted by Crippen LogP contribution is -2.31. The number of hydrogen-bond donors (Lipinski definition) is 1. The zero-order valence-corrected chi connectivity index (χ0v) is 17.9. The summed E-state index contributed by atoms with van der Waals surface area (Å²) in [4.78, 5) is 26.1. The van der Waals surface area contributed by atoms with Crippen LogP contribution in [0.4, 0.5) is 5.69 Å². The molecule has 0 radical (unpaired) electrons. The van der Waals surface area contributed by atoms with Gasteiger partial charge in [-0.2, -0.15) is 10.2 Å². The summed E-state index contributed by atoms with van der Waals surface area (Å²) < 4.78 is 8.06. The molecule has 1 fully saturated rings. The van der Waals surface area contributed by atoms with Crippen molar-refractivity contribution in [2.24, 2.45) is 0 Å². The molecule has 162 valence electrons. The fourth-order valence-corrected chi connectivity index (χ4v) is 3.85. The molecule has 5 rings (SSSR count). The Bertz CT molecular complexity index is 1370. The smallest absolute Gasteiger partial charge is 0.293 e. The van der Waals surface area contributed by atoms with E-state index >= 15 is 0 Å². The van der Waals surface area contributed by atoms with Gasteiger partial charge in [-0.05, 0) is 55.7 Å². The fraction of sp³-hybridized carbons (Fsp3) is 0.250. The molecule has 0 unspecified atom stereocenters. The van der Waals surface area contributed by atoms with E-state index < -0.39 is 0 Å². The molecule has 0 aliphatic heterocycles. The maximum Gasteiger partial charge on any atom is 0.293 e. The highest BCUT2D eigenvalue weighted by Gasteiger charge is 2.30. The average molecular weight is 429 g/mol. The Hall–Kier alpha value is -3.94. The number of nitrogens with one attached hydrogen (secondary N) is 1. The monoisotopic (exact) mass is 429 g/mol. The highest BCUT2D eigenvalue weighted by molar-refractivity contribution is 5.91. The summed E-state index contributed by atoms with van der Waals surface area (Å²) in [5.41, 5.74) is 3.41. The molecule has 1 aliphatic carbocycles. The Morgan fingerprint density at radius 3 is 2.59 bits per heavy atom. The van der Waals surface area contributed by atoms with E-state index in [0.717, 1.165) is 35.2 Å². The first-order valence-electron chi connectivity index (χ1n) is 10.5. The maximum absolute atomic E-state index is 13.4. The number of aryl methyl sites for hydroxylation is 1. The number of carbonyl (C=O) groups is 1. The van der Waals surface area contributed by atoms with E-state index in [2.05, 4.69) is 15.5 Å². The van der Waals surface area contributed by atoms with Gasteiger partial charge in [-0.25, -0.2) is 9.36 Å². The van der Waals surface area contributed by atoms with Crippen LogP contribution in [0.15, 0.2) is 59.5 Å². The van der Waals surface area contributed by atoms with Crippen molar-refractivity contribution >= 4 is 22.5 Å². The number of amides is 1. The number of methoxy groups -OCH3 is 1. The van der Waals surface area contributed by atoms with Crippen molar-refractivity contribution in [1.29, 1.82) is 0 Å². The third kappa shape index (κ3) is 3.64. The Morgan fingerprint density at radius 1 is 1.16 bits per heavy atom. The fourth-order valence-electron chi connectivity index (χ4n) is 3.85. The van der Waals surface area contributed by atoms with Crippen LogP contribution in [0.3, 0.4) is 0 Å². The number of anilines is 1. The number of para-hydroxylation sites is 1. The summed E-state index contributed by atoms with van der Waals surface area (Å²) in [7, 11) is 1.58. The van der Waals surface area contributed by atoms with E-state index in [-0.39, 0.29) is 18.0 Å². The zero-order chi connectivity index (χ0) is 22.2. The molecule has 8 nitrogen and oxygen atoms in total. The minimum atomic E-state index is -0.338. The van der Waals surface area contributed by atoms with Crippen LogP contribution in [0.2, 0.25) is 0 Å². The van der Waals surface area contributed by atoms with Gasteiger partial charge in [-0.3, -0.25) is 9.59 Å². The van der Waals surface area contributed by atoms with Crippen molar-refractivity contribution in [1.82, 2.24) is 19.6 Å². The molecule has 2 aromatic heterocycles. The average Bonchev–Trinajstić information content (AvgIpc) is 3.55. The molecule has 0 saturated heterocycles. The van der Waals surface area contributed by atoms with Crippen LogP contribution in [0.5, 0.6) is 5.75 Å². The van der Waals surface area contributed by atoms with Crippen LogP contribution in [-0.4, -0.2) is 32.6 Å². The van der Waals surface area contributed by atoms with Gasteiger partial charge < -0.3 is 10.1 Å². The number of rotatable bonds is 6. The highest BCUT2D eigenvalue weighted by Crippen LogP contribution is 2.41. The summed E-state index contributed by atoms with van der Waals surface area (Å²) in [5.74, 6) is 0.668. The maximum atomic E-state index is 13.4. The summed E-state index contributed by atoms with van der Waals surface area (Å²) >= 11 is 0. The number of carbonyl (C=O) groups excluding carboxylic acids is 1. The van der Waals surface area contributed by atoms with Crippen molar-refractivity contribution in [3.63, 3.8) is 0 Å². The summed E-state index contributed by atoms with van der Waals surface area (Å²) in [6, 6.07) is 14.8. The van der Waals surface area contributed by atoms with Gasteiger partial charge in [0.15, 0.2) is 0 Å². The zero-order valence-electron chi connectivity index (χ0n) is 17.9. The van der Waals surface area contributed by atoms with Crippen molar-refractivity contribution in [3.8, 4) is 11.4 Å². The van der Waals surface area contributed by atoms with E-state index in [1.807, 2.05) is 31.2 Å². The predicted octanol–water partition coefficient (Wildman–Crippen LogP) is 3.42. The second kappa shape index (κ2) is 7.96. The van der Waals surface area contributed by atoms with Crippen LogP contribution < -0.4 is 15.6 Å². The molecule has 32 heavy (non-hydrogen) atoms. The van der Waals surface area contributed by atoms with Gasteiger partial charge >= 0.3 is 0 Å². The van der Waals surface area contributed by atoms with E-state index in [0.29, 0.717) is 22.9 Å². The van der Waals surface area contributed by atoms with Crippen LogP contribution in [0, 0.1) is 6.92 Å². The Kier molecular flexibility index (Phi) is 4.97. The first kappa shape index (κ1) is 20.0. The number of ether oxygens (including phenoxy) is 1. The van der Waals surface area contributed by atoms with Crippen molar-refractivity contribution < 1.29 is 9.53 Å². The lowest BCUT2D eigenvalue weighted by Gasteiger charge is -2.11. The molecule has 0 spiro atoms. The molecule has 4 aromatic rings. The molecule has 1 saturated carbocycles. The molecule has 0 atom stereocenters. The number of benzene rings is 2. The summed E-state index contributed by atoms with van der Waals surface area (Å²) in [5, 5.41) is 12.7. The third-order valence-electron chi connectivity index (χ3n) is 5.69. The van der Waals surface area contributed by atoms with Gasteiger partial charge in [-0.1, -0.05) is 18.2 Å². The minimum absolute atomic E-state index is 0.181. The van der Waals surface area contributed by atoms with Crippen molar-refractivity contribution in [2.75, 3.05) is 12.4 Å². The quantitative estimate of drug-likeness (QED) is 0.507. The van der Waals surface area contributed by atoms with E-state index in [1.54, 1.807) is 42.3 Å². The number of fused-ring (bicyclic) bond motifs is 1. The number of hydrogen-bond acceptors (Lipinski definition) is 5. The lowest BCUT2D eigenvalue weighted by molar-refractivity contribution is -0.117. The molecule has 2 heterocycles. The van der Waals surface area contributed by atoms with E-state index in [4.69, 9.17) is 4.74 Å². The summed E-state index contributed by atoms with van der Waals surface area (Å²) in [6.45, 7) is 1.80. The number of nitrogens with zero attached hydrogens (tertiary/aromatic N) is 4. The van der Waals surface area contributed by atoms with Crippen LogP contribution in [0.25, 0.3) is 16.6 Å². The molecule has 1 aliphatic rings. The van der Waals surface area contributed by atoms with Crippen LogP contribution >= 0.6 is 0 Å².